The zero-order chi connectivity index (χ0) is 28.8. The second-order valence-electron chi connectivity index (χ2n) is 10.8. The van der Waals surface area contributed by atoms with Crippen LogP contribution in [0.15, 0.2) is 54.6 Å². The summed E-state index contributed by atoms with van der Waals surface area (Å²) in [6.45, 7) is 11.5. The van der Waals surface area contributed by atoms with Gasteiger partial charge in [0.05, 0.1) is 11.6 Å². The number of ketones is 1. The second-order valence-corrected chi connectivity index (χ2v) is 10.8. The van der Waals surface area contributed by atoms with E-state index in [0.717, 1.165) is 22.8 Å². The zero-order valence-corrected chi connectivity index (χ0v) is 25.7. The Bertz CT molecular complexity index is 1750. The van der Waals surface area contributed by atoms with E-state index in [4.69, 9.17) is 0 Å². The van der Waals surface area contributed by atoms with Crippen LogP contribution in [0.1, 0.15) is 59.5 Å². The number of carbonyl (C=O) groups is 1. The molecule has 2 aromatic carbocycles. The van der Waals surface area contributed by atoms with Crippen molar-refractivity contribution < 1.29 is 34.6 Å². The van der Waals surface area contributed by atoms with E-state index < -0.39 is 17.4 Å². The van der Waals surface area contributed by atoms with Crippen LogP contribution in [0.5, 0.6) is 0 Å². The maximum absolute atomic E-state index is 15.9. The predicted molar refractivity (Wildman–Crippen MR) is 148 cm³/mol. The van der Waals surface area contributed by atoms with Gasteiger partial charge in [-0.1, -0.05) is 68.3 Å². The molecule has 0 bridgehead atoms. The van der Waals surface area contributed by atoms with E-state index in [0.29, 0.717) is 17.2 Å². The minimum Gasteiger partial charge on any atom is -0.349 e. The molecule has 41 heavy (non-hydrogen) atoms. The molecule has 3 aromatic heterocycles. The van der Waals surface area contributed by atoms with Crippen molar-refractivity contribution in [3.8, 4) is 28.2 Å². The molecule has 0 amide bonds. The average molecular weight is 731 g/mol. The number of hydrogen-bond acceptors (Lipinski definition) is 5. The summed E-state index contributed by atoms with van der Waals surface area (Å²) in [6, 6.07) is 17.2. The Morgan fingerprint density at radius 3 is 2.17 bits per heavy atom. The van der Waals surface area contributed by atoms with Gasteiger partial charge in [-0.05, 0) is 66.3 Å². The molecule has 0 aliphatic heterocycles. The molecule has 0 spiro atoms. The first-order chi connectivity index (χ1) is 18.9. The summed E-state index contributed by atoms with van der Waals surface area (Å²) in [7, 11) is 0. The Balaban J connectivity index is 0.00000387. The van der Waals surface area contributed by atoms with Crippen LogP contribution in [0.25, 0.3) is 28.2 Å². The molecule has 0 fully saturated rings. The Morgan fingerprint density at radius 2 is 1.54 bits per heavy atom. The molecule has 0 N–H and O–H groups in total. The van der Waals surface area contributed by atoms with Crippen molar-refractivity contribution in [2.75, 3.05) is 0 Å². The van der Waals surface area contributed by atoms with E-state index in [9.17, 15) is 9.18 Å². The van der Waals surface area contributed by atoms with Gasteiger partial charge < -0.3 is 9.67 Å². The molecular weight excluding hydrogens is 703 g/mol. The molecule has 0 atom stereocenters. The van der Waals surface area contributed by atoms with Crippen molar-refractivity contribution in [2.45, 2.75) is 47.0 Å². The Labute approximate surface area is 252 Å². The summed E-state index contributed by atoms with van der Waals surface area (Å²) in [6.07, 6.45) is 2.80. The third kappa shape index (κ3) is 5.93. The number of aryl methyl sites for hydroxylation is 3. The molecule has 0 saturated heterocycles. The van der Waals surface area contributed by atoms with Crippen LogP contribution in [-0.4, -0.2) is 30.5 Å². The Morgan fingerprint density at radius 1 is 0.902 bits per heavy atom. The first-order valence-electron chi connectivity index (χ1n) is 12.8. The van der Waals surface area contributed by atoms with Crippen LogP contribution < -0.4 is 0 Å². The Hall–Kier alpha value is -3.90. The number of halogens is 2. The fourth-order valence-electron chi connectivity index (χ4n) is 4.64. The fourth-order valence-corrected chi connectivity index (χ4v) is 4.64. The quantitative estimate of drug-likeness (QED) is 0.148. The van der Waals surface area contributed by atoms with Crippen molar-refractivity contribution in [3.63, 3.8) is 0 Å². The smallest absolute Gasteiger partial charge is 0.349 e. The maximum Gasteiger partial charge on any atom is 2.00 e. The van der Waals surface area contributed by atoms with Gasteiger partial charge in [0.25, 0.3) is 0 Å². The predicted octanol–water partition coefficient (Wildman–Crippen LogP) is 6.72. The third-order valence-electron chi connectivity index (χ3n) is 6.49. The monoisotopic (exact) mass is 730 g/mol. The molecule has 0 aliphatic carbocycles. The van der Waals surface area contributed by atoms with E-state index in [1.165, 1.54) is 10.7 Å². The second kappa shape index (κ2) is 11.5. The molecule has 0 radical (unpaired) electrons. The zero-order valence-electron chi connectivity index (χ0n) is 23.4. The topological polar surface area (TPSA) is 73.6 Å². The number of nitrogens with zero attached hydrogens (tertiary/aromatic N) is 5. The first-order valence-corrected chi connectivity index (χ1v) is 12.8. The standard InChI is InChI=1S/C32H27F2N5O.Pt/c1-18-15-19(2)27(20(3)16-18)28-22(33)14-13-21(29(28)34)23-9-7-10-24(36-23)30(40)25-11-8-12-26(37-25)39-17-35-31(38-39)32(4,5)6;/h7-12,14-16H,1-6H3;/q-2;+2. The summed E-state index contributed by atoms with van der Waals surface area (Å²) < 4.78 is 32.3. The summed E-state index contributed by atoms with van der Waals surface area (Å²) in [5.41, 5.74) is 2.90. The molecule has 6 nitrogen and oxygen atoms in total. The van der Waals surface area contributed by atoms with Gasteiger partial charge in [-0.25, -0.2) is 5.10 Å². The van der Waals surface area contributed by atoms with Crippen molar-refractivity contribution in [3.05, 3.63) is 113 Å². The van der Waals surface area contributed by atoms with Gasteiger partial charge in [-0.2, -0.15) is 0 Å². The van der Waals surface area contributed by atoms with Crippen LogP contribution in [-0.2, 0) is 26.5 Å². The number of aromatic nitrogens is 5. The van der Waals surface area contributed by atoms with Crippen LogP contribution in [0, 0.1) is 44.8 Å². The van der Waals surface area contributed by atoms with E-state index >= 15 is 4.39 Å². The summed E-state index contributed by atoms with van der Waals surface area (Å²) in [5, 5.41) is 4.43. The van der Waals surface area contributed by atoms with Gasteiger partial charge in [0.1, 0.15) is 11.4 Å². The van der Waals surface area contributed by atoms with Crippen LogP contribution in [0.2, 0.25) is 0 Å². The minimum atomic E-state index is -0.788. The largest absolute Gasteiger partial charge is 2.00 e. The number of carbonyl (C=O) groups excluding carboxylic acids is 1. The molecule has 5 rings (SSSR count). The first kappa shape index (κ1) is 30.1. The van der Waals surface area contributed by atoms with Crippen LogP contribution in [0.3, 0.4) is 0 Å². The normalized spacial score (nSPS) is 11.3. The van der Waals surface area contributed by atoms with E-state index in [1.807, 2.05) is 53.7 Å². The molecule has 9 heteroatoms. The van der Waals surface area contributed by atoms with Gasteiger partial charge in [-0.15, -0.1) is 12.1 Å². The molecule has 0 unspecified atom stereocenters. The van der Waals surface area contributed by atoms with Gasteiger partial charge >= 0.3 is 21.1 Å². The van der Waals surface area contributed by atoms with Crippen LogP contribution >= 0.6 is 0 Å². The molecular formula is C32H27F2N5OPt. The maximum atomic E-state index is 15.9. The van der Waals surface area contributed by atoms with Crippen LogP contribution in [0.4, 0.5) is 8.78 Å². The van der Waals surface area contributed by atoms with E-state index in [-0.39, 0.29) is 54.7 Å². The molecule has 5 aromatic rings. The minimum absolute atomic E-state index is 0. The van der Waals surface area contributed by atoms with Gasteiger partial charge in [0, 0.05) is 18.0 Å². The fraction of sp³-hybridized carbons (Fsp3) is 0.219. The van der Waals surface area contributed by atoms with Gasteiger partial charge in [0.15, 0.2) is 0 Å². The third-order valence-corrected chi connectivity index (χ3v) is 6.49. The summed E-state index contributed by atoms with van der Waals surface area (Å²) in [4.78, 5) is 26.5. The van der Waals surface area contributed by atoms with Gasteiger partial charge in [-0.3, -0.25) is 23.5 Å². The molecule has 210 valence electrons. The molecule has 0 aliphatic rings. The Kier molecular flexibility index (Phi) is 8.46. The van der Waals surface area contributed by atoms with Crippen molar-refractivity contribution in [1.29, 1.82) is 0 Å². The van der Waals surface area contributed by atoms with Crippen molar-refractivity contribution in [1.82, 2.24) is 24.7 Å². The number of rotatable bonds is 5. The van der Waals surface area contributed by atoms with Crippen molar-refractivity contribution in [2.24, 2.45) is 0 Å². The van der Waals surface area contributed by atoms with Crippen molar-refractivity contribution >= 4 is 5.78 Å². The van der Waals surface area contributed by atoms with E-state index in [2.05, 4.69) is 32.4 Å². The average Bonchev–Trinajstić information content (AvgIpc) is 3.41. The summed E-state index contributed by atoms with van der Waals surface area (Å²) >= 11 is 0. The molecule has 0 saturated carbocycles. The van der Waals surface area contributed by atoms with Gasteiger partial charge in [0.2, 0.25) is 5.78 Å². The summed E-state index contributed by atoms with van der Waals surface area (Å²) in [5.74, 6) is -1.01. The number of hydrogen-bond donors (Lipinski definition) is 0. The number of pyridine rings is 2. The molecule has 3 heterocycles. The number of benzene rings is 2. The SMILES string of the molecule is Cc1cc(C)c(-c2c(F)c[c-]c(-c3cccc(C(=O)c4cccc(-n5[c-]nc(C(C)(C)C)n5)n4)n3)c2F)c(C)c1.[Pt+2]. The van der Waals surface area contributed by atoms with E-state index in [1.54, 1.807) is 30.3 Å².